The number of rotatable bonds is 7. The summed E-state index contributed by atoms with van der Waals surface area (Å²) in [6.07, 6.45) is -2.49. The van der Waals surface area contributed by atoms with E-state index in [9.17, 15) is 23.1 Å². The van der Waals surface area contributed by atoms with Crippen molar-refractivity contribution >= 4 is 11.8 Å². The van der Waals surface area contributed by atoms with E-state index in [4.69, 9.17) is 0 Å². The van der Waals surface area contributed by atoms with Gasteiger partial charge in [-0.05, 0) is 54.8 Å². The lowest BCUT2D eigenvalue weighted by Crippen LogP contribution is -2.17. The minimum Gasteiger partial charge on any atom is -0.481 e. The molecule has 4 rings (SSSR count). The van der Waals surface area contributed by atoms with Gasteiger partial charge in [-0.1, -0.05) is 18.2 Å². The van der Waals surface area contributed by atoms with E-state index >= 15 is 0 Å². The highest BCUT2D eigenvalue weighted by atomic mass is 19.4. The minimum absolute atomic E-state index is 0.0570. The number of hydrogen-bond acceptors (Lipinski definition) is 5. The molecular weight excluding hydrogens is 423 g/mol. The molecule has 2 aromatic heterocycles. The largest absolute Gasteiger partial charge is 0.573 e. The summed E-state index contributed by atoms with van der Waals surface area (Å²) in [5.74, 6) is -0.952. The number of carbonyl (C=O) groups is 1. The van der Waals surface area contributed by atoms with Gasteiger partial charge in [0.2, 0.25) is 0 Å². The van der Waals surface area contributed by atoms with Crippen LogP contribution in [0.4, 0.5) is 19.0 Å². The zero-order valence-electron chi connectivity index (χ0n) is 17.1. The van der Waals surface area contributed by atoms with Crippen LogP contribution < -0.4 is 10.1 Å². The molecule has 1 aliphatic carbocycles. The summed E-state index contributed by atoms with van der Waals surface area (Å²) in [4.78, 5) is 20.2. The molecule has 0 unspecified atom stereocenters. The number of nitrogens with one attached hydrogen (secondary N) is 1. The second kappa shape index (κ2) is 8.49. The number of hydrogen-bond donors (Lipinski definition) is 2. The quantitative estimate of drug-likeness (QED) is 0.525. The molecular formula is C23H20F3N3O3. The van der Waals surface area contributed by atoms with Crippen molar-refractivity contribution < 1.29 is 27.8 Å². The van der Waals surface area contributed by atoms with Crippen LogP contribution in [-0.4, -0.2) is 27.4 Å². The fraction of sp³-hybridized carbons (Fsp3) is 0.261. The van der Waals surface area contributed by atoms with Crippen molar-refractivity contribution in [3.63, 3.8) is 0 Å². The van der Waals surface area contributed by atoms with E-state index in [1.165, 1.54) is 18.2 Å². The van der Waals surface area contributed by atoms with Gasteiger partial charge < -0.3 is 15.2 Å². The number of aryl methyl sites for hydroxylation is 1. The molecule has 1 aromatic carbocycles. The molecule has 1 saturated carbocycles. The number of ether oxygens (including phenoxy) is 1. The van der Waals surface area contributed by atoms with Gasteiger partial charge in [-0.2, -0.15) is 0 Å². The average Bonchev–Trinajstić information content (AvgIpc) is 3.53. The lowest BCUT2D eigenvalue weighted by molar-refractivity contribution is -0.274. The first kappa shape index (κ1) is 21.6. The molecule has 2 atom stereocenters. The van der Waals surface area contributed by atoms with Gasteiger partial charge in [-0.3, -0.25) is 9.78 Å². The van der Waals surface area contributed by atoms with Crippen LogP contribution in [0.5, 0.6) is 5.75 Å². The number of aliphatic carboxylic acids is 1. The highest BCUT2D eigenvalue weighted by Crippen LogP contribution is 2.48. The molecule has 3 aromatic rings. The molecule has 6 nitrogen and oxygen atoms in total. The molecule has 1 aliphatic rings. The lowest BCUT2D eigenvalue weighted by Gasteiger charge is -2.11. The molecule has 0 saturated heterocycles. The summed E-state index contributed by atoms with van der Waals surface area (Å²) in [7, 11) is 0. The smallest absolute Gasteiger partial charge is 0.481 e. The monoisotopic (exact) mass is 443 g/mol. The van der Waals surface area contributed by atoms with Gasteiger partial charge in [0.1, 0.15) is 11.6 Å². The van der Waals surface area contributed by atoms with Crippen LogP contribution in [0.2, 0.25) is 0 Å². The van der Waals surface area contributed by atoms with Gasteiger partial charge in [0.25, 0.3) is 0 Å². The SMILES string of the molecule is Cc1ccc(-c2ccc(NCc3cccc(OC(F)(F)F)c3)nc2)nc1[C@@H]1C[C@H]1C(=O)O. The number of anilines is 1. The van der Waals surface area contributed by atoms with E-state index in [0.717, 1.165) is 16.8 Å². The molecule has 166 valence electrons. The molecule has 9 heteroatoms. The third kappa shape index (κ3) is 5.16. The van der Waals surface area contributed by atoms with Crippen LogP contribution in [0.15, 0.2) is 54.7 Å². The lowest BCUT2D eigenvalue weighted by atomic mass is 10.1. The van der Waals surface area contributed by atoms with E-state index < -0.39 is 12.3 Å². The number of carboxylic acids is 1. The number of carboxylic acid groups (broad SMARTS) is 1. The second-order valence-corrected chi connectivity index (χ2v) is 7.67. The predicted molar refractivity (Wildman–Crippen MR) is 111 cm³/mol. The minimum atomic E-state index is -4.73. The van der Waals surface area contributed by atoms with Crippen molar-refractivity contribution in [2.24, 2.45) is 5.92 Å². The van der Waals surface area contributed by atoms with Crippen molar-refractivity contribution in [2.75, 3.05) is 5.32 Å². The van der Waals surface area contributed by atoms with E-state index in [-0.39, 0.29) is 24.1 Å². The van der Waals surface area contributed by atoms with Crippen molar-refractivity contribution in [1.82, 2.24) is 9.97 Å². The van der Waals surface area contributed by atoms with Gasteiger partial charge in [0, 0.05) is 29.9 Å². The summed E-state index contributed by atoms with van der Waals surface area (Å²) in [6.45, 7) is 2.19. The van der Waals surface area contributed by atoms with Gasteiger partial charge >= 0.3 is 12.3 Å². The van der Waals surface area contributed by atoms with E-state index in [0.29, 0.717) is 23.5 Å². The maximum atomic E-state index is 12.4. The van der Waals surface area contributed by atoms with E-state index in [1.54, 1.807) is 18.3 Å². The Morgan fingerprint density at radius 1 is 1.22 bits per heavy atom. The maximum absolute atomic E-state index is 12.4. The summed E-state index contributed by atoms with van der Waals surface area (Å²) >= 11 is 0. The predicted octanol–water partition coefficient (Wildman–Crippen LogP) is 5.15. The third-order valence-corrected chi connectivity index (χ3v) is 5.26. The van der Waals surface area contributed by atoms with Crippen LogP contribution in [-0.2, 0) is 11.3 Å². The van der Waals surface area contributed by atoms with E-state index in [2.05, 4.69) is 20.0 Å². The van der Waals surface area contributed by atoms with Gasteiger partial charge in [-0.15, -0.1) is 13.2 Å². The highest BCUT2D eigenvalue weighted by Gasteiger charge is 2.45. The summed E-state index contributed by atoms with van der Waals surface area (Å²) in [5.41, 5.74) is 3.87. The maximum Gasteiger partial charge on any atom is 0.573 e. The van der Waals surface area contributed by atoms with Crippen LogP contribution in [0.3, 0.4) is 0 Å². The Labute approximate surface area is 182 Å². The summed E-state index contributed by atoms with van der Waals surface area (Å²) in [5, 5.41) is 12.3. The van der Waals surface area contributed by atoms with Crippen LogP contribution in [0, 0.1) is 12.8 Å². The molecule has 0 amide bonds. The molecule has 0 radical (unpaired) electrons. The normalized spacial score (nSPS) is 17.6. The van der Waals surface area contributed by atoms with Crippen molar-refractivity contribution in [3.8, 4) is 17.0 Å². The number of pyridine rings is 2. The Hall–Kier alpha value is -3.62. The topological polar surface area (TPSA) is 84.3 Å². The van der Waals surface area contributed by atoms with Gasteiger partial charge in [0.05, 0.1) is 11.6 Å². The fourth-order valence-electron chi connectivity index (χ4n) is 3.55. The van der Waals surface area contributed by atoms with Crippen molar-refractivity contribution in [1.29, 1.82) is 0 Å². The van der Waals surface area contributed by atoms with Crippen LogP contribution in [0.1, 0.15) is 29.2 Å². The second-order valence-electron chi connectivity index (χ2n) is 7.67. The number of alkyl halides is 3. The van der Waals surface area contributed by atoms with E-state index in [1.807, 2.05) is 25.1 Å². The summed E-state index contributed by atoms with van der Waals surface area (Å²) in [6, 6.07) is 13.1. The van der Waals surface area contributed by atoms with Crippen molar-refractivity contribution in [2.45, 2.75) is 32.2 Å². The highest BCUT2D eigenvalue weighted by molar-refractivity contribution is 5.75. The zero-order valence-corrected chi connectivity index (χ0v) is 17.1. The molecule has 2 heterocycles. The number of aromatic nitrogens is 2. The molecule has 2 N–H and O–H groups in total. The zero-order chi connectivity index (χ0) is 22.9. The molecule has 0 spiro atoms. The Morgan fingerprint density at radius 3 is 2.69 bits per heavy atom. The Bertz CT molecular complexity index is 1130. The van der Waals surface area contributed by atoms with Crippen molar-refractivity contribution in [3.05, 3.63) is 71.5 Å². The Kier molecular flexibility index (Phi) is 5.73. The first-order valence-corrected chi connectivity index (χ1v) is 9.95. The molecule has 1 fully saturated rings. The first-order chi connectivity index (χ1) is 15.2. The van der Waals surface area contributed by atoms with Gasteiger partial charge in [0.15, 0.2) is 0 Å². The molecule has 32 heavy (non-hydrogen) atoms. The number of nitrogens with zero attached hydrogens (tertiary/aromatic N) is 2. The van der Waals surface area contributed by atoms with Crippen LogP contribution in [0.25, 0.3) is 11.3 Å². The first-order valence-electron chi connectivity index (χ1n) is 9.95. The number of halogens is 3. The summed E-state index contributed by atoms with van der Waals surface area (Å²) < 4.78 is 41.1. The average molecular weight is 443 g/mol. The van der Waals surface area contributed by atoms with Gasteiger partial charge in [-0.25, -0.2) is 4.98 Å². The fourth-order valence-corrected chi connectivity index (χ4v) is 3.55. The van der Waals surface area contributed by atoms with Crippen LogP contribution >= 0.6 is 0 Å². The third-order valence-electron chi connectivity index (χ3n) is 5.26. The Balaban J connectivity index is 1.42. The molecule has 0 bridgehead atoms. The number of benzene rings is 1. The molecule has 0 aliphatic heterocycles. The standard InChI is InChI=1S/C23H20F3N3O3/c1-13-5-7-19(29-21(13)17-10-18(17)22(30)31)15-6-8-20(28-12-15)27-11-14-3-2-4-16(9-14)32-23(24,25)26/h2-9,12,17-18H,10-11H2,1H3,(H,27,28)(H,30,31)/t17-,18-/m1/s1. The Morgan fingerprint density at radius 2 is 2.03 bits per heavy atom.